The molecule has 6 heteroatoms. The van der Waals surface area contributed by atoms with Crippen molar-refractivity contribution in [2.24, 2.45) is 7.05 Å². The van der Waals surface area contributed by atoms with Crippen LogP contribution in [0.1, 0.15) is 11.3 Å². The number of aromatic hydroxyl groups is 1. The first-order chi connectivity index (χ1) is 8.29. The average molecular weight is 256 g/mol. The summed E-state index contributed by atoms with van der Waals surface area (Å²) in [7, 11) is 1.41. The summed E-state index contributed by atoms with van der Waals surface area (Å²) in [4.78, 5) is 0. The summed E-state index contributed by atoms with van der Waals surface area (Å²) >= 11 is 0. The van der Waals surface area contributed by atoms with Crippen molar-refractivity contribution in [3.8, 4) is 17.0 Å². The number of aryl methyl sites for hydroxylation is 2. The molecule has 18 heavy (non-hydrogen) atoms. The van der Waals surface area contributed by atoms with Gasteiger partial charge in [0.2, 0.25) is 0 Å². The molecule has 1 aromatic carbocycles. The topological polar surface area (TPSA) is 38.1 Å². The smallest absolute Gasteiger partial charge is 0.435 e. The van der Waals surface area contributed by atoms with Gasteiger partial charge < -0.3 is 5.11 Å². The van der Waals surface area contributed by atoms with Crippen LogP contribution < -0.4 is 0 Å². The summed E-state index contributed by atoms with van der Waals surface area (Å²) in [6, 6.07) is 5.67. The second kappa shape index (κ2) is 4.04. The van der Waals surface area contributed by atoms with E-state index < -0.39 is 11.9 Å². The molecule has 0 radical (unpaired) electrons. The zero-order valence-electron chi connectivity index (χ0n) is 9.78. The minimum atomic E-state index is -4.49. The van der Waals surface area contributed by atoms with Crippen LogP contribution in [-0.2, 0) is 13.2 Å². The van der Waals surface area contributed by atoms with E-state index in [9.17, 15) is 18.3 Å². The maximum Gasteiger partial charge on any atom is 0.435 e. The lowest BCUT2D eigenvalue weighted by Crippen LogP contribution is -2.06. The van der Waals surface area contributed by atoms with Gasteiger partial charge in [-0.3, -0.25) is 4.68 Å². The van der Waals surface area contributed by atoms with Gasteiger partial charge in [-0.1, -0.05) is 11.6 Å². The van der Waals surface area contributed by atoms with Crippen LogP contribution in [0.5, 0.6) is 5.75 Å². The van der Waals surface area contributed by atoms with Gasteiger partial charge in [0.05, 0.1) is 5.69 Å². The lowest BCUT2D eigenvalue weighted by Gasteiger charge is -2.05. The van der Waals surface area contributed by atoms with Crippen LogP contribution in [0.25, 0.3) is 11.3 Å². The molecule has 0 aliphatic rings. The quantitative estimate of drug-likeness (QED) is 0.851. The van der Waals surface area contributed by atoms with Crippen molar-refractivity contribution < 1.29 is 18.3 Å². The molecule has 2 aromatic rings. The molecule has 1 aromatic heterocycles. The molecular formula is C12H11F3N2O. The number of aromatic nitrogens is 2. The van der Waals surface area contributed by atoms with Gasteiger partial charge in [-0.05, 0) is 25.1 Å². The second-order valence-corrected chi connectivity index (χ2v) is 4.06. The number of phenolic OH excluding ortho intramolecular Hbond substituents is 1. The van der Waals surface area contributed by atoms with Crippen LogP contribution in [0.15, 0.2) is 24.3 Å². The summed E-state index contributed by atoms with van der Waals surface area (Å²) in [5, 5.41) is 13.1. The third kappa shape index (κ3) is 2.18. The zero-order valence-corrected chi connectivity index (χ0v) is 9.78. The molecule has 1 N–H and O–H groups in total. The second-order valence-electron chi connectivity index (χ2n) is 4.06. The van der Waals surface area contributed by atoms with Crippen LogP contribution in [0.3, 0.4) is 0 Å². The number of hydrogen-bond donors (Lipinski definition) is 1. The first-order valence-electron chi connectivity index (χ1n) is 5.20. The summed E-state index contributed by atoms with van der Waals surface area (Å²) in [6.07, 6.45) is -4.49. The Morgan fingerprint density at radius 1 is 1.22 bits per heavy atom. The molecule has 0 atom stereocenters. The fraction of sp³-hybridized carbons (Fsp3) is 0.250. The Labute approximate surface area is 101 Å². The van der Waals surface area contributed by atoms with Crippen molar-refractivity contribution in [2.75, 3.05) is 0 Å². The number of halogens is 3. The van der Waals surface area contributed by atoms with Crippen molar-refractivity contribution in [1.82, 2.24) is 9.78 Å². The first-order valence-corrected chi connectivity index (χ1v) is 5.20. The van der Waals surface area contributed by atoms with Crippen LogP contribution in [0.2, 0.25) is 0 Å². The SMILES string of the molecule is Cc1ccc(O)c(-c2cc(C(F)(F)F)nn2C)c1. The fourth-order valence-electron chi connectivity index (χ4n) is 1.71. The maximum atomic E-state index is 12.5. The molecule has 0 amide bonds. The molecule has 0 spiro atoms. The number of hydrogen-bond acceptors (Lipinski definition) is 2. The lowest BCUT2D eigenvalue weighted by molar-refractivity contribution is -0.141. The predicted octanol–water partition coefficient (Wildman–Crippen LogP) is 3.12. The van der Waals surface area contributed by atoms with Gasteiger partial charge in [0.1, 0.15) is 5.75 Å². The zero-order chi connectivity index (χ0) is 13.5. The fourth-order valence-corrected chi connectivity index (χ4v) is 1.71. The minimum Gasteiger partial charge on any atom is -0.507 e. The van der Waals surface area contributed by atoms with E-state index in [1.165, 1.54) is 13.1 Å². The molecule has 3 nitrogen and oxygen atoms in total. The van der Waals surface area contributed by atoms with Gasteiger partial charge in [-0.2, -0.15) is 18.3 Å². The predicted molar refractivity (Wildman–Crippen MR) is 60.0 cm³/mol. The van der Waals surface area contributed by atoms with E-state index >= 15 is 0 Å². The van der Waals surface area contributed by atoms with E-state index in [2.05, 4.69) is 5.10 Å². The molecule has 0 bridgehead atoms. The molecule has 0 aliphatic heterocycles. The number of rotatable bonds is 1. The Morgan fingerprint density at radius 3 is 2.44 bits per heavy atom. The van der Waals surface area contributed by atoms with E-state index in [-0.39, 0.29) is 11.4 Å². The molecule has 0 fully saturated rings. The molecular weight excluding hydrogens is 245 g/mol. The molecule has 1 heterocycles. The summed E-state index contributed by atoms with van der Waals surface area (Å²) in [6.45, 7) is 1.80. The Kier molecular flexibility index (Phi) is 2.80. The van der Waals surface area contributed by atoms with Crippen LogP contribution in [0.4, 0.5) is 13.2 Å². The van der Waals surface area contributed by atoms with E-state index in [1.54, 1.807) is 19.1 Å². The van der Waals surface area contributed by atoms with Crippen molar-refractivity contribution in [1.29, 1.82) is 0 Å². The highest BCUT2D eigenvalue weighted by Gasteiger charge is 2.34. The van der Waals surface area contributed by atoms with Gasteiger partial charge in [0, 0.05) is 12.6 Å². The van der Waals surface area contributed by atoms with Crippen LogP contribution in [0, 0.1) is 6.92 Å². The standard InChI is InChI=1S/C12H11F3N2O/c1-7-3-4-10(18)8(5-7)9-6-11(12(13,14)15)16-17(9)2/h3-6,18H,1-2H3. The van der Waals surface area contributed by atoms with Crippen molar-refractivity contribution >= 4 is 0 Å². The molecule has 0 aliphatic carbocycles. The first kappa shape index (κ1) is 12.5. The third-order valence-electron chi connectivity index (χ3n) is 2.60. The summed E-state index contributed by atoms with van der Waals surface area (Å²) in [5.41, 5.74) is 0.433. The van der Waals surface area contributed by atoms with Crippen molar-refractivity contribution in [3.05, 3.63) is 35.5 Å². The van der Waals surface area contributed by atoms with Gasteiger partial charge in [-0.15, -0.1) is 0 Å². The number of phenols is 1. The Morgan fingerprint density at radius 2 is 1.89 bits per heavy atom. The molecule has 96 valence electrons. The lowest BCUT2D eigenvalue weighted by atomic mass is 10.1. The van der Waals surface area contributed by atoms with E-state index in [4.69, 9.17) is 0 Å². The van der Waals surface area contributed by atoms with E-state index in [1.807, 2.05) is 0 Å². The van der Waals surface area contributed by atoms with Gasteiger partial charge in [-0.25, -0.2) is 0 Å². The number of alkyl halides is 3. The van der Waals surface area contributed by atoms with E-state index in [0.717, 1.165) is 16.3 Å². The molecule has 0 unspecified atom stereocenters. The Bertz CT molecular complexity index is 587. The Balaban J connectivity index is 2.58. The maximum absolute atomic E-state index is 12.5. The molecule has 2 rings (SSSR count). The highest BCUT2D eigenvalue weighted by atomic mass is 19.4. The summed E-state index contributed by atoms with van der Waals surface area (Å²) < 4.78 is 38.7. The van der Waals surface area contributed by atoms with Gasteiger partial charge >= 0.3 is 6.18 Å². The van der Waals surface area contributed by atoms with Crippen LogP contribution in [-0.4, -0.2) is 14.9 Å². The molecule has 0 saturated carbocycles. The summed E-state index contributed by atoms with van der Waals surface area (Å²) in [5.74, 6) is -0.0719. The Hall–Kier alpha value is -1.98. The van der Waals surface area contributed by atoms with E-state index in [0.29, 0.717) is 5.56 Å². The highest BCUT2D eigenvalue weighted by Crippen LogP contribution is 2.34. The van der Waals surface area contributed by atoms with Crippen LogP contribution >= 0.6 is 0 Å². The average Bonchev–Trinajstić information content (AvgIpc) is 2.64. The largest absolute Gasteiger partial charge is 0.507 e. The van der Waals surface area contributed by atoms with Gasteiger partial charge in [0.25, 0.3) is 0 Å². The normalized spacial score (nSPS) is 11.8. The molecule has 0 saturated heterocycles. The third-order valence-corrected chi connectivity index (χ3v) is 2.60. The van der Waals surface area contributed by atoms with Crippen molar-refractivity contribution in [3.63, 3.8) is 0 Å². The monoisotopic (exact) mass is 256 g/mol. The van der Waals surface area contributed by atoms with Crippen molar-refractivity contribution in [2.45, 2.75) is 13.1 Å². The highest BCUT2D eigenvalue weighted by molar-refractivity contribution is 5.68. The number of benzene rings is 1. The van der Waals surface area contributed by atoms with Gasteiger partial charge in [0.15, 0.2) is 5.69 Å². The number of nitrogens with zero attached hydrogens (tertiary/aromatic N) is 2. The minimum absolute atomic E-state index is 0.0719.